The Morgan fingerprint density at radius 2 is 1.56 bits per heavy atom. The highest BCUT2D eigenvalue weighted by atomic mass is 79.9. The first-order valence-electron chi connectivity index (χ1n) is 14.7. The van der Waals surface area contributed by atoms with E-state index in [0.29, 0.717) is 27.2 Å². The molecule has 0 aliphatic carbocycles. The zero-order valence-corrected chi connectivity index (χ0v) is 28.6. The maximum Gasteiger partial charge on any atom is 0.264 e. The Kier molecular flexibility index (Phi) is 11.8. The number of nitrogens with zero attached hydrogens (tertiary/aromatic N) is 2. The standard InChI is InChI=1S/C35H37BrClN3O4S/c1-4-26(3)38-35(42)33(21-27-10-6-5-7-11-27)39(23-28-12-8-14-30(37)20-28)34(41)24-40(31-15-9-13-29(36)22-31)45(43,44)32-18-16-25(2)17-19-32/h5-20,22,26,33H,4,21,23-24H2,1-3H3,(H,38,42)/t26-,33-/m0/s1. The van der Waals surface area contributed by atoms with Crippen LogP contribution in [0.15, 0.2) is 112 Å². The monoisotopic (exact) mass is 709 g/mol. The van der Waals surface area contributed by atoms with Gasteiger partial charge in [0, 0.05) is 28.5 Å². The summed E-state index contributed by atoms with van der Waals surface area (Å²) < 4.78 is 30.0. The Balaban J connectivity index is 1.81. The highest BCUT2D eigenvalue weighted by Gasteiger charge is 2.35. The van der Waals surface area contributed by atoms with E-state index in [9.17, 15) is 18.0 Å². The number of hydrogen-bond acceptors (Lipinski definition) is 4. The van der Waals surface area contributed by atoms with E-state index in [4.69, 9.17) is 11.6 Å². The Hall–Kier alpha value is -3.66. The molecule has 236 valence electrons. The molecule has 0 saturated carbocycles. The zero-order chi connectivity index (χ0) is 32.6. The van der Waals surface area contributed by atoms with E-state index in [2.05, 4.69) is 21.2 Å². The maximum absolute atomic E-state index is 14.5. The van der Waals surface area contributed by atoms with Crippen molar-refractivity contribution in [2.24, 2.45) is 0 Å². The van der Waals surface area contributed by atoms with Gasteiger partial charge in [-0.2, -0.15) is 0 Å². The van der Waals surface area contributed by atoms with Crippen LogP contribution >= 0.6 is 27.5 Å². The summed E-state index contributed by atoms with van der Waals surface area (Å²) in [5.74, 6) is -0.857. The van der Waals surface area contributed by atoms with Crippen LogP contribution in [0.3, 0.4) is 0 Å². The molecule has 4 aromatic carbocycles. The minimum Gasteiger partial charge on any atom is -0.352 e. The molecule has 0 spiro atoms. The number of aryl methyl sites for hydroxylation is 1. The predicted molar refractivity (Wildman–Crippen MR) is 184 cm³/mol. The molecule has 4 rings (SSSR count). The van der Waals surface area contributed by atoms with Crippen molar-refractivity contribution in [1.29, 1.82) is 0 Å². The molecule has 0 radical (unpaired) electrons. The molecule has 0 aliphatic heterocycles. The minimum absolute atomic E-state index is 0.0434. The van der Waals surface area contributed by atoms with Crippen molar-refractivity contribution in [3.05, 3.63) is 129 Å². The number of halogens is 2. The first kappa shape index (κ1) is 34.2. The predicted octanol–water partition coefficient (Wildman–Crippen LogP) is 7.16. The molecule has 0 fully saturated rings. The van der Waals surface area contributed by atoms with Gasteiger partial charge >= 0.3 is 0 Å². The lowest BCUT2D eigenvalue weighted by Crippen LogP contribution is -2.54. The fraction of sp³-hybridized carbons (Fsp3) is 0.257. The van der Waals surface area contributed by atoms with E-state index in [1.54, 1.807) is 54.6 Å². The molecule has 2 amide bonds. The fourth-order valence-corrected chi connectivity index (χ4v) is 6.83. The summed E-state index contributed by atoms with van der Waals surface area (Å²) >= 11 is 9.75. The second-order valence-corrected chi connectivity index (χ2v) is 14.2. The van der Waals surface area contributed by atoms with Gasteiger partial charge in [0.1, 0.15) is 12.6 Å². The largest absolute Gasteiger partial charge is 0.352 e. The molecule has 7 nitrogen and oxygen atoms in total. The summed E-state index contributed by atoms with van der Waals surface area (Å²) in [6.07, 6.45) is 0.939. The Morgan fingerprint density at radius 3 is 2.20 bits per heavy atom. The van der Waals surface area contributed by atoms with Crippen LogP contribution in [0.1, 0.15) is 37.0 Å². The molecule has 0 aliphatic rings. The number of amides is 2. The van der Waals surface area contributed by atoms with Crippen LogP contribution in [0.5, 0.6) is 0 Å². The minimum atomic E-state index is -4.18. The van der Waals surface area contributed by atoms with Gasteiger partial charge in [-0.25, -0.2) is 8.42 Å². The van der Waals surface area contributed by atoms with Crippen molar-refractivity contribution in [2.45, 2.75) is 57.1 Å². The SMILES string of the molecule is CC[C@H](C)NC(=O)[C@H](Cc1ccccc1)N(Cc1cccc(Cl)c1)C(=O)CN(c1cccc(Br)c1)S(=O)(=O)c1ccc(C)cc1. The summed E-state index contributed by atoms with van der Waals surface area (Å²) in [4.78, 5) is 29.9. The fourth-order valence-electron chi connectivity index (χ4n) is 4.82. The smallest absolute Gasteiger partial charge is 0.264 e. The summed E-state index contributed by atoms with van der Waals surface area (Å²) in [5.41, 5.74) is 2.79. The van der Waals surface area contributed by atoms with Crippen LogP contribution in [0.4, 0.5) is 5.69 Å². The van der Waals surface area contributed by atoms with Crippen molar-refractivity contribution in [3.8, 4) is 0 Å². The van der Waals surface area contributed by atoms with Crippen LogP contribution in [-0.2, 0) is 32.6 Å². The van der Waals surface area contributed by atoms with Gasteiger partial charge in [0.25, 0.3) is 10.0 Å². The number of carbonyl (C=O) groups excluding carboxylic acids is 2. The molecule has 10 heteroatoms. The molecular formula is C35H37BrClN3O4S. The lowest BCUT2D eigenvalue weighted by molar-refractivity contribution is -0.140. The van der Waals surface area contributed by atoms with Gasteiger partial charge in [0.15, 0.2) is 0 Å². The van der Waals surface area contributed by atoms with Gasteiger partial charge in [0.05, 0.1) is 10.6 Å². The summed E-state index contributed by atoms with van der Waals surface area (Å²) in [5, 5.41) is 3.53. The van der Waals surface area contributed by atoms with E-state index in [1.165, 1.54) is 17.0 Å². The zero-order valence-electron chi connectivity index (χ0n) is 25.5. The third kappa shape index (κ3) is 9.19. The van der Waals surface area contributed by atoms with Crippen LogP contribution in [0.25, 0.3) is 0 Å². The first-order chi connectivity index (χ1) is 21.5. The van der Waals surface area contributed by atoms with Crippen molar-refractivity contribution >= 4 is 55.1 Å². The number of hydrogen-bond donors (Lipinski definition) is 1. The van der Waals surface area contributed by atoms with Crippen molar-refractivity contribution < 1.29 is 18.0 Å². The summed E-state index contributed by atoms with van der Waals surface area (Å²) in [7, 11) is -4.18. The van der Waals surface area contributed by atoms with Gasteiger partial charge in [-0.1, -0.05) is 101 Å². The highest BCUT2D eigenvalue weighted by molar-refractivity contribution is 9.10. The molecule has 0 heterocycles. The molecule has 0 saturated heterocycles. The Labute approximate surface area is 279 Å². The van der Waals surface area contributed by atoms with E-state index in [-0.39, 0.29) is 29.8 Å². The molecule has 4 aromatic rings. The number of nitrogens with one attached hydrogen (secondary N) is 1. The third-order valence-corrected chi connectivity index (χ3v) is 10.0. The normalized spacial score (nSPS) is 12.6. The summed E-state index contributed by atoms with van der Waals surface area (Å²) in [6.45, 7) is 5.26. The van der Waals surface area contributed by atoms with Crippen molar-refractivity contribution in [1.82, 2.24) is 10.2 Å². The van der Waals surface area contributed by atoms with E-state index >= 15 is 0 Å². The number of rotatable bonds is 13. The van der Waals surface area contributed by atoms with Crippen molar-refractivity contribution in [3.63, 3.8) is 0 Å². The van der Waals surface area contributed by atoms with E-state index < -0.39 is 28.5 Å². The lowest BCUT2D eigenvalue weighted by Gasteiger charge is -2.34. The maximum atomic E-state index is 14.5. The molecule has 0 bridgehead atoms. The summed E-state index contributed by atoms with van der Waals surface area (Å²) in [6, 6.07) is 28.8. The highest BCUT2D eigenvalue weighted by Crippen LogP contribution is 2.28. The number of anilines is 1. The third-order valence-electron chi connectivity index (χ3n) is 7.50. The average Bonchev–Trinajstić information content (AvgIpc) is 3.02. The lowest BCUT2D eigenvalue weighted by atomic mass is 10.0. The van der Waals surface area contributed by atoms with Crippen LogP contribution < -0.4 is 9.62 Å². The van der Waals surface area contributed by atoms with Crippen molar-refractivity contribution in [2.75, 3.05) is 10.8 Å². The van der Waals surface area contributed by atoms with Gasteiger partial charge in [-0.15, -0.1) is 0 Å². The van der Waals surface area contributed by atoms with Gasteiger partial charge < -0.3 is 10.2 Å². The molecule has 45 heavy (non-hydrogen) atoms. The van der Waals surface area contributed by atoms with Gasteiger partial charge in [-0.05, 0) is 73.9 Å². The van der Waals surface area contributed by atoms with Gasteiger partial charge in [-0.3, -0.25) is 13.9 Å². The second kappa shape index (κ2) is 15.6. The quantitative estimate of drug-likeness (QED) is 0.160. The van der Waals surface area contributed by atoms with Gasteiger partial charge in [0.2, 0.25) is 11.8 Å². The van der Waals surface area contributed by atoms with Crippen LogP contribution in [0.2, 0.25) is 5.02 Å². The number of benzene rings is 4. The van der Waals surface area contributed by atoms with Crippen LogP contribution in [0, 0.1) is 6.92 Å². The molecular weight excluding hydrogens is 674 g/mol. The van der Waals surface area contributed by atoms with Crippen LogP contribution in [-0.4, -0.2) is 43.8 Å². The molecule has 1 N–H and O–H groups in total. The molecule has 0 aromatic heterocycles. The number of carbonyl (C=O) groups is 2. The van der Waals surface area contributed by atoms with E-state index in [0.717, 1.165) is 15.4 Å². The Morgan fingerprint density at radius 1 is 0.889 bits per heavy atom. The molecule has 0 unspecified atom stereocenters. The molecule has 2 atom stereocenters. The first-order valence-corrected chi connectivity index (χ1v) is 17.3. The van der Waals surface area contributed by atoms with E-state index in [1.807, 2.05) is 57.2 Å². The Bertz CT molecular complexity index is 1720. The topological polar surface area (TPSA) is 86.8 Å². The average molecular weight is 711 g/mol. The number of sulfonamides is 1. The second-order valence-electron chi connectivity index (χ2n) is 11.0.